The molecule has 0 spiro atoms. The lowest BCUT2D eigenvalue weighted by Gasteiger charge is -2.10. The Kier molecular flexibility index (Phi) is 3.23. The molecule has 1 aliphatic rings. The first-order valence-electron chi connectivity index (χ1n) is 7.73. The van der Waals surface area contributed by atoms with Crippen molar-refractivity contribution in [2.45, 2.75) is 12.8 Å². The standard InChI is InChI=1S/C21H16O2/c22-21(23)12-14-5-3-7-15(11-14)18-9-4-10-19-17-8-2-1-6-16(17)13-20(18)19/h1-11H,12-13H2,(H,22,23). The third-order valence-corrected chi connectivity index (χ3v) is 4.44. The number of aliphatic carboxylic acids is 1. The van der Waals surface area contributed by atoms with Crippen LogP contribution in [0.1, 0.15) is 16.7 Å². The molecule has 0 saturated carbocycles. The molecule has 0 radical (unpaired) electrons. The second-order valence-electron chi connectivity index (χ2n) is 5.94. The minimum absolute atomic E-state index is 0.0586. The number of carboxylic acid groups (broad SMARTS) is 1. The summed E-state index contributed by atoms with van der Waals surface area (Å²) >= 11 is 0. The number of hydrogen-bond donors (Lipinski definition) is 1. The van der Waals surface area contributed by atoms with E-state index in [9.17, 15) is 4.79 Å². The summed E-state index contributed by atoms with van der Waals surface area (Å²) in [5.74, 6) is -0.798. The summed E-state index contributed by atoms with van der Waals surface area (Å²) in [6.45, 7) is 0. The van der Waals surface area contributed by atoms with E-state index < -0.39 is 5.97 Å². The number of hydrogen-bond acceptors (Lipinski definition) is 1. The zero-order valence-electron chi connectivity index (χ0n) is 12.6. The SMILES string of the molecule is O=C(O)Cc1cccc(-c2cccc3c2Cc2ccccc2-3)c1. The van der Waals surface area contributed by atoms with E-state index in [2.05, 4.69) is 48.5 Å². The van der Waals surface area contributed by atoms with Crippen LogP contribution in [0.4, 0.5) is 0 Å². The van der Waals surface area contributed by atoms with Gasteiger partial charge in [-0.3, -0.25) is 4.79 Å². The number of carboxylic acids is 1. The minimum atomic E-state index is -0.798. The van der Waals surface area contributed by atoms with Crippen LogP contribution in [0.3, 0.4) is 0 Å². The number of rotatable bonds is 3. The average molecular weight is 300 g/mol. The first-order valence-corrected chi connectivity index (χ1v) is 7.73. The fourth-order valence-electron chi connectivity index (χ4n) is 3.45. The van der Waals surface area contributed by atoms with E-state index in [1.807, 2.05) is 18.2 Å². The van der Waals surface area contributed by atoms with Crippen molar-refractivity contribution >= 4 is 5.97 Å². The summed E-state index contributed by atoms with van der Waals surface area (Å²) in [5, 5.41) is 9.00. The lowest BCUT2D eigenvalue weighted by molar-refractivity contribution is -0.136. The van der Waals surface area contributed by atoms with Crippen LogP contribution in [-0.2, 0) is 17.6 Å². The summed E-state index contributed by atoms with van der Waals surface area (Å²) in [6.07, 6.45) is 0.994. The lowest BCUT2D eigenvalue weighted by Crippen LogP contribution is -2.00. The van der Waals surface area contributed by atoms with Crippen LogP contribution in [0, 0.1) is 0 Å². The molecule has 0 aromatic heterocycles. The van der Waals surface area contributed by atoms with Gasteiger partial charge in [0.2, 0.25) is 0 Å². The van der Waals surface area contributed by atoms with Gasteiger partial charge in [0, 0.05) is 0 Å². The second kappa shape index (κ2) is 5.40. The second-order valence-corrected chi connectivity index (χ2v) is 5.94. The van der Waals surface area contributed by atoms with Crippen LogP contribution in [0.15, 0.2) is 66.7 Å². The summed E-state index contributed by atoms with van der Waals surface area (Å²) in [4.78, 5) is 11.0. The van der Waals surface area contributed by atoms with Crippen molar-refractivity contribution in [3.63, 3.8) is 0 Å². The highest BCUT2D eigenvalue weighted by molar-refractivity contribution is 5.85. The van der Waals surface area contributed by atoms with Crippen molar-refractivity contribution in [2.75, 3.05) is 0 Å². The van der Waals surface area contributed by atoms with Crippen LogP contribution in [0.25, 0.3) is 22.3 Å². The third-order valence-electron chi connectivity index (χ3n) is 4.44. The Morgan fingerprint density at radius 1 is 0.870 bits per heavy atom. The lowest BCUT2D eigenvalue weighted by atomic mass is 9.94. The number of carbonyl (C=O) groups is 1. The molecule has 4 rings (SSSR count). The Hall–Kier alpha value is -2.87. The van der Waals surface area contributed by atoms with Crippen molar-refractivity contribution in [3.05, 3.63) is 83.4 Å². The molecule has 0 atom stereocenters. The fourth-order valence-corrected chi connectivity index (χ4v) is 3.45. The first kappa shape index (κ1) is 13.8. The fraction of sp³-hybridized carbons (Fsp3) is 0.0952. The van der Waals surface area contributed by atoms with Crippen molar-refractivity contribution < 1.29 is 9.90 Å². The highest BCUT2D eigenvalue weighted by Gasteiger charge is 2.20. The monoisotopic (exact) mass is 300 g/mol. The molecule has 3 aromatic rings. The van der Waals surface area contributed by atoms with Crippen LogP contribution in [-0.4, -0.2) is 11.1 Å². The van der Waals surface area contributed by atoms with E-state index in [1.54, 1.807) is 0 Å². The Morgan fingerprint density at radius 3 is 2.48 bits per heavy atom. The summed E-state index contributed by atoms with van der Waals surface area (Å²) in [5.41, 5.74) is 8.42. The minimum Gasteiger partial charge on any atom is -0.481 e. The Balaban J connectivity index is 1.82. The average Bonchev–Trinajstić information content (AvgIpc) is 2.93. The maximum Gasteiger partial charge on any atom is 0.307 e. The predicted octanol–water partition coefficient (Wildman–Crippen LogP) is 4.55. The van der Waals surface area contributed by atoms with Crippen molar-refractivity contribution in [1.29, 1.82) is 0 Å². The number of benzene rings is 3. The smallest absolute Gasteiger partial charge is 0.307 e. The van der Waals surface area contributed by atoms with Crippen LogP contribution in [0.2, 0.25) is 0 Å². The molecule has 0 unspecified atom stereocenters. The van der Waals surface area contributed by atoms with Gasteiger partial charge < -0.3 is 5.11 Å². The largest absolute Gasteiger partial charge is 0.481 e. The molecule has 2 heteroatoms. The molecule has 1 N–H and O–H groups in total. The van der Waals surface area contributed by atoms with Gasteiger partial charge in [-0.25, -0.2) is 0 Å². The van der Waals surface area contributed by atoms with Gasteiger partial charge in [0.25, 0.3) is 0 Å². The maximum atomic E-state index is 11.0. The molecule has 3 aromatic carbocycles. The van der Waals surface area contributed by atoms with E-state index in [4.69, 9.17) is 5.11 Å². The van der Waals surface area contributed by atoms with Crippen molar-refractivity contribution in [2.24, 2.45) is 0 Å². The van der Waals surface area contributed by atoms with E-state index in [0.717, 1.165) is 17.5 Å². The van der Waals surface area contributed by atoms with Crippen molar-refractivity contribution in [1.82, 2.24) is 0 Å². The van der Waals surface area contributed by atoms with Crippen molar-refractivity contribution in [3.8, 4) is 22.3 Å². The molecule has 0 aliphatic heterocycles. The summed E-state index contributed by atoms with van der Waals surface area (Å²) in [6, 6.07) is 22.8. The number of fused-ring (bicyclic) bond motifs is 3. The van der Waals surface area contributed by atoms with Gasteiger partial charge in [-0.1, -0.05) is 66.7 Å². The van der Waals surface area contributed by atoms with Crippen LogP contribution < -0.4 is 0 Å². The molecule has 0 saturated heterocycles. The van der Waals surface area contributed by atoms with Gasteiger partial charge in [-0.15, -0.1) is 0 Å². The van der Waals surface area contributed by atoms with Gasteiger partial charge >= 0.3 is 5.97 Å². The molecular weight excluding hydrogens is 284 g/mol. The van der Waals surface area contributed by atoms with Gasteiger partial charge in [0.1, 0.15) is 0 Å². The molecule has 0 amide bonds. The van der Waals surface area contributed by atoms with E-state index >= 15 is 0 Å². The quantitative estimate of drug-likeness (QED) is 0.602. The molecule has 2 nitrogen and oxygen atoms in total. The summed E-state index contributed by atoms with van der Waals surface area (Å²) < 4.78 is 0. The van der Waals surface area contributed by atoms with Gasteiger partial charge in [0.05, 0.1) is 6.42 Å². The molecule has 23 heavy (non-hydrogen) atoms. The normalized spacial score (nSPS) is 11.8. The maximum absolute atomic E-state index is 11.0. The molecule has 0 heterocycles. The Labute approximate surface area is 135 Å². The first-order chi connectivity index (χ1) is 11.2. The van der Waals surface area contributed by atoms with E-state index in [0.29, 0.717) is 0 Å². The molecule has 112 valence electrons. The predicted molar refractivity (Wildman–Crippen MR) is 91.5 cm³/mol. The zero-order valence-corrected chi connectivity index (χ0v) is 12.6. The van der Waals surface area contributed by atoms with Gasteiger partial charge in [-0.05, 0) is 45.4 Å². The van der Waals surface area contributed by atoms with Crippen LogP contribution in [0.5, 0.6) is 0 Å². The molecule has 0 fully saturated rings. The third kappa shape index (κ3) is 2.42. The zero-order chi connectivity index (χ0) is 15.8. The summed E-state index contributed by atoms with van der Waals surface area (Å²) in [7, 11) is 0. The molecule has 1 aliphatic carbocycles. The van der Waals surface area contributed by atoms with E-state index in [-0.39, 0.29) is 6.42 Å². The van der Waals surface area contributed by atoms with Crippen LogP contribution >= 0.6 is 0 Å². The highest BCUT2D eigenvalue weighted by Crippen LogP contribution is 2.41. The van der Waals surface area contributed by atoms with Gasteiger partial charge in [-0.2, -0.15) is 0 Å². The molecular formula is C21H16O2. The Morgan fingerprint density at radius 2 is 1.61 bits per heavy atom. The molecule has 0 bridgehead atoms. The highest BCUT2D eigenvalue weighted by atomic mass is 16.4. The Bertz CT molecular complexity index is 909. The van der Waals surface area contributed by atoms with E-state index in [1.165, 1.54) is 27.8 Å². The topological polar surface area (TPSA) is 37.3 Å². The van der Waals surface area contributed by atoms with Gasteiger partial charge in [0.15, 0.2) is 0 Å².